The molecular weight excluding hydrogens is 344 g/mol. The maximum atomic E-state index is 12.8. The molecule has 1 aliphatic carbocycles. The third-order valence-corrected chi connectivity index (χ3v) is 6.12. The van der Waals surface area contributed by atoms with Gasteiger partial charge in [0.05, 0.1) is 22.9 Å². The van der Waals surface area contributed by atoms with E-state index < -0.39 is 5.54 Å². The van der Waals surface area contributed by atoms with Gasteiger partial charge >= 0.3 is 0 Å². The van der Waals surface area contributed by atoms with Crippen LogP contribution >= 0.6 is 11.8 Å². The fourth-order valence-electron chi connectivity index (χ4n) is 3.59. The Bertz CT molecular complexity index is 845. The van der Waals surface area contributed by atoms with E-state index in [0.29, 0.717) is 6.54 Å². The van der Waals surface area contributed by atoms with Gasteiger partial charge in [-0.25, -0.2) is 4.98 Å². The van der Waals surface area contributed by atoms with E-state index in [-0.39, 0.29) is 11.7 Å². The minimum atomic E-state index is -0.642. The van der Waals surface area contributed by atoms with Gasteiger partial charge in [0.25, 0.3) is 0 Å². The number of benzene rings is 1. The monoisotopic (exact) mass is 368 g/mol. The second kappa shape index (κ2) is 7.96. The summed E-state index contributed by atoms with van der Waals surface area (Å²) in [6.45, 7) is 4.47. The third kappa shape index (κ3) is 3.49. The second-order valence-electron chi connectivity index (χ2n) is 6.73. The molecule has 26 heavy (non-hydrogen) atoms. The van der Waals surface area contributed by atoms with Gasteiger partial charge in [0.1, 0.15) is 5.54 Å². The second-order valence-corrected chi connectivity index (χ2v) is 7.67. The molecule has 0 unspecified atom stereocenters. The van der Waals surface area contributed by atoms with Crippen molar-refractivity contribution in [1.82, 2.24) is 14.5 Å². The van der Waals surface area contributed by atoms with Crippen molar-refractivity contribution in [2.75, 3.05) is 12.8 Å². The lowest BCUT2D eigenvalue weighted by Crippen LogP contribution is -2.50. The van der Waals surface area contributed by atoms with Gasteiger partial charge in [-0.05, 0) is 25.0 Å². The smallest absolute Gasteiger partial charge is 0.234 e. The number of fused-ring (bicyclic) bond motifs is 1. The highest BCUT2D eigenvalue weighted by atomic mass is 32.2. The number of thioether (sulfide) groups is 1. The number of rotatable bonds is 6. The fraction of sp³-hybridized carbons (Fsp3) is 0.450. The Morgan fingerprint density at radius 3 is 2.85 bits per heavy atom. The predicted octanol–water partition coefficient (Wildman–Crippen LogP) is 4.00. The third-order valence-electron chi connectivity index (χ3n) is 5.16. The number of carbonyl (C=O) groups is 1. The van der Waals surface area contributed by atoms with Crippen LogP contribution in [0.1, 0.15) is 32.1 Å². The predicted molar refractivity (Wildman–Crippen MR) is 105 cm³/mol. The van der Waals surface area contributed by atoms with Gasteiger partial charge in [-0.2, -0.15) is 5.26 Å². The van der Waals surface area contributed by atoms with Crippen LogP contribution in [-0.4, -0.2) is 38.7 Å². The SMILES string of the molecule is C=CCn1c(SCC(=O)N(C)C2(C#N)CCCCC2)nc2ccccc21. The molecule has 2 aromatic rings. The number of hydrogen-bond donors (Lipinski definition) is 0. The van der Waals surface area contributed by atoms with Crippen molar-refractivity contribution in [3.8, 4) is 6.07 Å². The van der Waals surface area contributed by atoms with Crippen LogP contribution in [0.4, 0.5) is 0 Å². The standard InChI is InChI=1S/C20H24N4OS/c1-3-13-24-17-10-6-5-9-16(17)22-19(24)26-14-18(25)23(2)20(15-21)11-7-4-8-12-20/h3,5-6,9-10H,1,4,7-8,11-14H2,2H3. The van der Waals surface area contributed by atoms with E-state index in [1.165, 1.54) is 11.8 Å². The Balaban J connectivity index is 1.75. The first-order chi connectivity index (χ1) is 12.6. The van der Waals surface area contributed by atoms with Crippen LogP contribution in [0, 0.1) is 11.3 Å². The molecule has 0 radical (unpaired) electrons. The topological polar surface area (TPSA) is 61.9 Å². The number of para-hydroxylation sites is 2. The van der Waals surface area contributed by atoms with E-state index in [9.17, 15) is 10.1 Å². The lowest BCUT2D eigenvalue weighted by atomic mass is 9.81. The first-order valence-electron chi connectivity index (χ1n) is 8.98. The fourth-order valence-corrected chi connectivity index (χ4v) is 4.53. The summed E-state index contributed by atoms with van der Waals surface area (Å²) in [6, 6.07) is 10.3. The molecule has 0 atom stereocenters. The number of imidazole rings is 1. The number of hydrogen-bond acceptors (Lipinski definition) is 4. The van der Waals surface area contributed by atoms with Crippen molar-refractivity contribution in [2.45, 2.75) is 49.3 Å². The van der Waals surface area contributed by atoms with Gasteiger partial charge in [-0.1, -0.05) is 49.2 Å². The molecule has 1 aromatic carbocycles. The highest BCUT2D eigenvalue weighted by molar-refractivity contribution is 7.99. The van der Waals surface area contributed by atoms with Gasteiger partial charge in [-0.3, -0.25) is 4.79 Å². The number of aromatic nitrogens is 2. The molecule has 1 heterocycles. The first-order valence-corrected chi connectivity index (χ1v) is 9.97. The molecule has 0 N–H and O–H groups in total. The molecule has 1 amide bonds. The first kappa shape index (κ1) is 18.5. The van der Waals surface area contributed by atoms with Crippen LogP contribution < -0.4 is 0 Å². The van der Waals surface area contributed by atoms with Crippen molar-refractivity contribution < 1.29 is 4.79 Å². The normalized spacial score (nSPS) is 16.2. The van der Waals surface area contributed by atoms with E-state index in [4.69, 9.17) is 0 Å². The summed E-state index contributed by atoms with van der Waals surface area (Å²) in [5.74, 6) is 0.260. The summed E-state index contributed by atoms with van der Waals surface area (Å²) >= 11 is 1.43. The van der Waals surface area contributed by atoms with Crippen LogP contribution in [-0.2, 0) is 11.3 Å². The Morgan fingerprint density at radius 1 is 1.42 bits per heavy atom. The molecular formula is C20H24N4OS. The van der Waals surface area contributed by atoms with Gasteiger partial charge in [0.15, 0.2) is 5.16 Å². The average molecular weight is 369 g/mol. The quantitative estimate of drug-likeness (QED) is 0.571. The highest BCUT2D eigenvalue weighted by Crippen LogP contribution is 2.33. The van der Waals surface area contributed by atoms with Crippen LogP contribution in [0.25, 0.3) is 11.0 Å². The molecule has 5 nitrogen and oxygen atoms in total. The summed E-state index contributed by atoms with van der Waals surface area (Å²) in [5.41, 5.74) is 1.31. The Labute approximate surface area is 158 Å². The highest BCUT2D eigenvalue weighted by Gasteiger charge is 2.38. The molecule has 6 heteroatoms. The Kier molecular flexibility index (Phi) is 5.67. The number of allylic oxidation sites excluding steroid dienone is 1. The zero-order valence-corrected chi connectivity index (χ0v) is 16.0. The van der Waals surface area contributed by atoms with E-state index in [2.05, 4.69) is 22.2 Å². The van der Waals surface area contributed by atoms with Crippen molar-refractivity contribution >= 4 is 28.7 Å². The number of nitriles is 1. The zero-order valence-electron chi connectivity index (χ0n) is 15.1. The summed E-state index contributed by atoms with van der Waals surface area (Å²) in [7, 11) is 1.77. The number of nitrogens with zero attached hydrogens (tertiary/aromatic N) is 4. The number of carbonyl (C=O) groups excluding carboxylic acids is 1. The van der Waals surface area contributed by atoms with Crippen LogP contribution in [0.2, 0.25) is 0 Å². The summed E-state index contributed by atoms with van der Waals surface area (Å²) in [5, 5.41) is 10.5. The molecule has 3 rings (SSSR count). The lowest BCUT2D eigenvalue weighted by Gasteiger charge is -2.39. The van der Waals surface area contributed by atoms with Crippen LogP contribution in [0.3, 0.4) is 0 Å². The Morgan fingerprint density at radius 2 is 2.15 bits per heavy atom. The molecule has 1 saturated carbocycles. The minimum absolute atomic E-state index is 0.0179. The van der Waals surface area contributed by atoms with Crippen molar-refractivity contribution in [3.63, 3.8) is 0 Å². The zero-order chi connectivity index (χ0) is 18.6. The van der Waals surface area contributed by atoms with Crippen LogP contribution in [0.5, 0.6) is 0 Å². The Hall–Kier alpha value is -2.26. The maximum absolute atomic E-state index is 12.8. The van der Waals surface area contributed by atoms with Crippen molar-refractivity contribution in [3.05, 3.63) is 36.9 Å². The molecule has 0 bridgehead atoms. The largest absolute Gasteiger partial charge is 0.326 e. The van der Waals surface area contributed by atoms with Gasteiger partial charge in [-0.15, -0.1) is 6.58 Å². The molecule has 0 saturated heterocycles. The van der Waals surface area contributed by atoms with Gasteiger partial charge in [0.2, 0.25) is 5.91 Å². The van der Waals surface area contributed by atoms with E-state index >= 15 is 0 Å². The van der Waals surface area contributed by atoms with Gasteiger partial charge < -0.3 is 9.47 Å². The molecule has 1 aliphatic rings. The van der Waals surface area contributed by atoms with E-state index in [1.807, 2.05) is 30.3 Å². The maximum Gasteiger partial charge on any atom is 0.234 e. The molecule has 1 fully saturated rings. The summed E-state index contributed by atoms with van der Waals surface area (Å²) in [4.78, 5) is 19.1. The van der Waals surface area contributed by atoms with Crippen molar-refractivity contribution in [1.29, 1.82) is 5.26 Å². The minimum Gasteiger partial charge on any atom is -0.326 e. The molecule has 1 aromatic heterocycles. The van der Waals surface area contributed by atoms with E-state index in [0.717, 1.165) is 48.3 Å². The lowest BCUT2D eigenvalue weighted by molar-refractivity contribution is -0.131. The molecule has 136 valence electrons. The van der Waals surface area contributed by atoms with Crippen LogP contribution in [0.15, 0.2) is 42.1 Å². The molecule has 0 aliphatic heterocycles. The van der Waals surface area contributed by atoms with Gasteiger partial charge in [0, 0.05) is 13.6 Å². The van der Waals surface area contributed by atoms with E-state index in [1.54, 1.807) is 11.9 Å². The average Bonchev–Trinajstić information content (AvgIpc) is 3.04. The molecule has 0 spiro atoms. The summed E-state index contributed by atoms with van der Waals surface area (Å²) < 4.78 is 2.07. The number of amides is 1. The van der Waals surface area contributed by atoms with Crippen molar-refractivity contribution in [2.24, 2.45) is 0 Å². The summed E-state index contributed by atoms with van der Waals surface area (Å²) in [6.07, 6.45) is 6.53.